The third kappa shape index (κ3) is 113. The topological polar surface area (TPSA) is 17.1 Å². The third-order valence-electron chi connectivity index (χ3n) is 0. The number of rotatable bonds is 0. The third-order valence-corrected chi connectivity index (χ3v) is 0. The zero-order chi connectivity index (χ0) is 4.71. The first-order valence-corrected chi connectivity index (χ1v) is 7.24. The van der Waals surface area contributed by atoms with Crippen LogP contribution in [0, 0.1) is 61.8 Å². The fourth-order valence-corrected chi connectivity index (χ4v) is 0. The molecule has 0 fully saturated rings. The molecule has 0 atom stereocenters. The van der Waals surface area contributed by atoms with Gasteiger partial charge in [0.1, 0.15) is 6.29 Å². The Balaban J connectivity index is -0.00000000357. The Bertz CT molecular complexity index is 22.4. The van der Waals surface area contributed by atoms with Crippen LogP contribution in [0.15, 0.2) is 0 Å². The van der Waals surface area contributed by atoms with E-state index in [0.717, 1.165) is 6.29 Å². The van der Waals surface area contributed by atoms with Crippen LogP contribution in [0.1, 0.15) is 14.4 Å². The molecule has 0 saturated heterocycles. The van der Waals surface area contributed by atoms with Gasteiger partial charge in [0, 0.05) is 37.2 Å². The molecule has 0 aliphatic rings. The molecular formula is C5H14I2OYb. The number of hydrogen-bond donors (Lipinski definition) is 0. The van der Waals surface area contributed by atoms with Crippen LogP contribution < -0.4 is 0 Å². The summed E-state index contributed by atoms with van der Waals surface area (Å²) in [4.78, 5) is 8.81. The summed E-state index contributed by atoms with van der Waals surface area (Å²) in [6, 6.07) is 0. The van der Waals surface area contributed by atoms with Gasteiger partial charge in [-0.2, -0.15) is 0 Å². The predicted octanol–water partition coefficient (Wildman–Crippen LogP) is 3.51. The minimum absolute atomic E-state index is 0. The molecule has 0 heterocycles. The van der Waals surface area contributed by atoms with Gasteiger partial charge in [-0.3, -0.25) is 0 Å². The average molecular weight is 517 g/mol. The number of aldehydes is 1. The van der Waals surface area contributed by atoms with Gasteiger partial charge in [-0.15, -0.1) is 0 Å². The summed E-state index contributed by atoms with van der Waals surface area (Å²) in [6.45, 7) is 1.44. The smallest absolute Gasteiger partial charge is 0.358 e. The normalized spacial score (nSPS) is 2.11. The van der Waals surface area contributed by atoms with E-state index in [4.69, 9.17) is 4.79 Å². The Hall–Kier alpha value is 2.65. The summed E-state index contributed by atoms with van der Waals surface area (Å²) in [5.41, 5.74) is 0. The van der Waals surface area contributed by atoms with Crippen molar-refractivity contribution in [3.8, 4) is 0 Å². The van der Waals surface area contributed by atoms with Crippen LogP contribution in [-0.2, 0) is 4.79 Å². The molecule has 0 rings (SSSR count). The number of carbonyl (C=O) groups is 1. The van der Waals surface area contributed by atoms with Crippen molar-refractivity contribution < 1.29 is 51.7 Å². The van der Waals surface area contributed by atoms with E-state index in [1.807, 2.05) is 0 Å². The Morgan fingerprint density at radius 2 is 1.22 bits per heavy atom. The van der Waals surface area contributed by atoms with Crippen LogP contribution in [0.5, 0.6) is 0 Å². The molecule has 0 bridgehead atoms. The zero-order valence-corrected chi connectivity index (χ0v) is 11.0. The molecule has 0 aromatic heterocycles. The van der Waals surface area contributed by atoms with Crippen LogP contribution in [0.2, 0.25) is 0 Å². The summed E-state index contributed by atoms with van der Waals surface area (Å²) >= 11 is 4.24. The van der Waals surface area contributed by atoms with E-state index in [0.29, 0.717) is 0 Å². The molecule has 0 aromatic rings. The van der Waals surface area contributed by atoms with Crippen molar-refractivity contribution in [2.45, 2.75) is 14.4 Å². The molecule has 0 unspecified atom stereocenters. The molecule has 9 heavy (non-hydrogen) atoms. The van der Waals surface area contributed by atoms with Gasteiger partial charge in [0.05, 0.1) is 0 Å². The minimum Gasteiger partial charge on any atom is -0.358 e. The maximum Gasteiger partial charge on any atom is 2.00 e. The van der Waals surface area contributed by atoms with Crippen LogP contribution in [0.4, 0.5) is 0 Å². The molecule has 1 nitrogen and oxygen atoms in total. The second kappa shape index (κ2) is 74.5. The van der Waals surface area contributed by atoms with Crippen LogP contribution in [0.3, 0.4) is 0 Å². The van der Waals surface area contributed by atoms with Gasteiger partial charge >= 0.3 is 46.9 Å². The van der Waals surface area contributed by atoms with Gasteiger partial charge in [0.15, 0.2) is 0 Å². The monoisotopic (exact) mass is 518 g/mol. The van der Waals surface area contributed by atoms with Gasteiger partial charge in [0.2, 0.25) is 0 Å². The summed E-state index contributed by atoms with van der Waals surface area (Å²) in [5.74, 6) is 0. The van der Waals surface area contributed by atoms with Crippen molar-refractivity contribution in [3.05, 3.63) is 14.9 Å². The fraction of sp³-hybridized carbons (Fsp3) is 0.400. The van der Waals surface area contributed by atoms with E-state index >= 15 is 0 Å². The SMILES string of the molecule is C.CC=O.II.[CH3-].[CH3-].[Yb+2]. The fourth-order valence-electron chi connectivity index (χ4n) is 0. The Morgan fingerprint density at radius 1 is 1.22 bits per heavy atom. The summed E-state index contributed by atoms with van der Waals surface area (Å²) in [5, 5.41) is 0. The Labute approximate surface area is 122 Å². The first-order valence-electron chi connectivity index (χ1n) is 0.956. The van der Waals surface area contributed by atoms with Crippen molar-refractivity contribution in [2.75, 3.05) is 0 Å². The van der Waals surface area contributed by atoms with E-state index in [9.17, 15) is 0 Å². The molecular weight excluding hydrogens is 503 g/mol. The molecule has 0 saturated carbocycles. The van der Waals surface area contributed by atoms with Crippen molar-refractivity contribution in [1.82, 2.24) is 0 Å². The van der Waals surface area contributed by atoms with E-state index in [1.54, 1.807) is 0 Å². The molecule has 0 aliphatic carbocycles. The van der Waals surface area contributed by atoms with Crippen LogP contribution in [-0.4, -0.2) is 6.29 Å². The van der Waals surface area contributed by atoms with Crippen LogP contribution >= 0.6 is 37.2 Å². The van der Waals surface area contributed by atoms with Crippen molar-refractivity contribution in [2.24, 2.45) is 0 Å². The van der Waals surface area contributed by atoms with E-state index in [-0.39, 0.29) is 69.2 Å². The quantitative estimate of drug-likeness (QED) is 0.274. The molecule has 4 heteroatoms. The second-order valence-corrected chi connectivity index (χ2v) is 0.236. The van der Waals surface area contributed by atoms with Crippen molar-refractivity contribution in [3.63, 3.8) is 0 Å². The van der Waals surface area contributed by atoms with E-state index < -0.39 is 0 Å². The number of carbonyl (C=O) groups excluding carboxylic acids is 1. The zero-order valence-electron chi connectivity index (χ0n) is 5.01. The van der Waals surface area contributed by atoms with Gasteiger partial charge < -0.3 is 19.6 Å². The molecule has 0 aromatic carbocycles. The maximum absolute atomic E-state index is 8.81. The van der Waals surface area contributed by atoms with Crippen molar-refractivity contribution >= 4 is 43.5 Å². The molecule has 0 spiro atoms. The molecule has 0 N–H and O–H groups in total. The summed E-state index contributed by atoms with van der Waals surface area (Å²) in [7, 11) is 0. The number of hydrogen-bond acceptors (Lipinski definition) is 1. The minimum atomic E-state index is 0. The standard InChI is InChI=1S/C2H4O.CH4.2CH3.I2.Yb/c1-2-3;;;;1-2;/h2H,1H3;1H4;2*1H3;;/q;;2*-1;;+2. The first kappa shape index (κ1) is 41.4. The molecule has 0 amide bonds. The van der Waals surface area contributed by atoms with Crippen LogP contribution in [0.25, 0.3) is 0 Å². The Morgan fingerprint density at radius 3 is 1.22 bits per heavy atom. The first-order chi connectivity index (χ1) is 2.41. The molecule has 0 radical (unpaired) electrons. The Kier molecular flexibility index (Phi) is 342. The molecule has 0 aliphatic heterocycles. The van der Waals surface area contributed by atoms with Gasteiger partial charge in [-0.1, -0.05) is 7.43 Å². The van der Waals surface area contributed by atoms with Gasteiger partial charge in [0.25, 0.3) is 0 Å². The number of halogens is 2. The predicted molar refractivity (Wildman–Crippen MR) is 59.3 cm³/mol. The molecule has 68 valence electrons. The average Bonchev–Trinajstić information content (AvgIpc) is 1.46. The largest absolute Gasteiger partial charge is 2.00 e. The van der Waals surface area contributed by atoms with Gasteiger partial charge in [-0.05, 0) is 6.92 Å². The second-order valence-electron chi connectivity index (χ2n) is 0.236. The maximum atomic E-state index is 8.81. The summed E-state index contributed by atoms with van der Waals surface area (Å²) < 4.78 is 0. The van der Waals surface area contributed by atoms with Gasteiger partial charge in [-0.25, -0.2) is 0 Å². The van der Waals surface area contributed by atoms with Crippen molar-refractivity contribution in [1.29, 1.82) is 0 Å². The van der Waals surface area contributed by atoms with E-state index in [1.165, 1.54) is 6.92 Å². The summed E-state index contributed by atoms with van der Waals surface area (Å²) in [6.07, 6.45) is 0.750. The van der Waals surface area contributed by atoms with E-state index in [2.05, 4.69) is 37.2 Å².